The summed E-state index contributed by atoms with van der Waals surface area (Å²) in [5, 5.41) is 6.21. The molecule has 1 saturated heterocycles. The van der Waals surface area contributed by atoms with Crippen LogP contribution in [0.3, 0.4) is 0 Å². The number of nitrogens with one attached hydrogen (secondary N) is 1. The van der Waals surface area contributed by atoms with Gasteiger partial charge in [-0.25, -0.2) is 0 Å². The molecule has 2 aromatic rings. The molecule has 0 radical (unpaired) electrons. The van der Waals surface area contributed by atoms with Crippen molar-refractivity contribution in [2.75, 3.05) is 18.0 Å². The number of benzene rings is 1. The lowest BCUT2D eigenvalue weighted by Crippen LogP contribution is -2.30. The van der Waals surface area contributed by atoms with E-state index in [1.807, 2.05) is 0 Å². The van der Waals surface area contributed by atoms with Gasteiger partial charge in [-0.3, -0.25) is 14.4 Å². The normalized spacial score (nSPS) is 13.7. The Labute approximate surface area is 150 Å². The Morgan fingerprint density at radius 3 is 2.69 bits per heavy atom. The second-order valence-electron chi connectivity index (χ2n) is 5.97. The number of esters is 1. The molecule has 136 valence electrons. The summed E-state index contributed by atoms with van der Waals surface area (Å²) < 4.78 is 9.88. The number of nitrogens with zero attached hydrogens (tertiary/aromatic N) is 2. The monoisotopic (exact) mass is 357 g/mol. The van der Waals surface area contributed by atoms with Gasteiger partial charge in [-0.1, -0.05) is 5.16 Å². The number of rotatable bonds is 6. The Morgan fingerprint density at radius 1 is 1.31 bits per heavy atom. The fourth-order valence-corrected chi connectivity index (χ4v) is 2.66. The van der Waals surface area contributed by atoms with Gasteiger partial charge < -0.3 is 19.5 Å². The van der Waals surface area contributed by atoms with Crippen LogP contribution in [0.4, 0.5) is 5.69 Å². The van der Waals surface area contributed by atoms with Crippen molar-refractivity contribution < 1.29 is 23.6 Å². The second kappa shape index (κ2) is 7.81. The lowest BCUT2D eigenvalue weighted by molar-refractivity contribution is -0.143. The number of ether oxygens (including phenoxy) is 1. The fourth-order valence-electron chi connectivity index (χ4n) is 2.66. The molecule has 2 amide bonds. The third-order valence-electron chi connectivity index (χ3n) is 3.97. The molecule has 1 aliphatic rings. The van der Waals surface area contributed by atoms with Gasteiger partial charge in [0.05, 0.1) is 0 Å². The standard InChI is InChI=1S/C18H19N3O5/c1-12-9-14(20-26-12)11-25-17(23)10-19-18(24)13-4-6-15(7-5-13)21-8-2-3-16(21)22/h4-7,9H,2-3,8,10-11H2,1H3,(H,19,24). The number of amides is 2. The molecular formula is C18H19N3O5. The minimum absolute atomic E-state index is 0.00932. The van der Waals surface area contributed by atoms with E-state index < -0.39 is 11.9 Å². The van der Waals surface area contributed by atoms with Crippen LogP contribution in [0.2, 0.25) is 0 Å². The number of hydrogen-bond acceptors (Lipinski definition) is 6. The SMILES string of the molecule is Cc1cc(COC(=O)CNC(=O)c2ccc(N3CCCC3=O)cc2)no1. The summed E-state index contributed by atoms with van der Waals surface area (Å²) in [7, 11) is 0. The molecule has 0 unspecified atom stereocenters. The first-order valence-electron chi connectivity index (χ1n) is 8.29. The summed E-state index contributed by atoms with van der Waals surface area (Å²) in [6.45, 7) is 2.18. The molecule has 0 bridgehead atoms. The molecule has 1 aromatic heterocycles. The van der Waals surface area contributed by atoms with Crippen LogP contribution in [0, 0.1) is 6.92 Å². The predicted octanol–water partition coefficient (Wildman–Crippen LogP) is 1.58. The maximum absolute atomic E-state index is 12.1. The van der Waals surface area contributed by atoms with Gasteiger partial charge in [0.1, 0.15) is 24.6 Å². The zero-order chi connectivity index (χ0) is 18.5. The highest BCUT2D eigenvalue weighted by Gasteiger charge is 2.21. The van der Waals surface area contributed by atoms with E-state index in [1.54, 1.807) is 42.2 Å². The van der Waals surface area contributed by atoms with Gasteiger partial charge in [-0.05, 0) is 37.6 Å². The summed E-state index contributed by atoms with van der Waals surface area (Å²) in [4.78, 5) is 37.2. The molecule has 1 N–H and O–H groups in total. The molecule has 0 atom stereocenters. The molecular weight excluding hydrogens is 338 g/mol. The smallest absolute Gasteiger partial charge is 0.325 e. The summed E-state index contributed by atoms with van der Waals surface area (Å²) >= 11 is 0. The Hall–Kier alpha value is -3.16. The number of anilines is 1. The first kappa shape index (κ1) is 17.7. The topological polar surface area (TPSA) is 102 Å². The van der Waals surface area contributed by atoms with Crippen LogP contribution in [0.5, 0.6) is 0 Å². The third-order valence-corrected chi connectivity index (χ3v) is 3.97. The van der Waals surface area contributed by atoms with E-state index in [0.717, 1.165) is 12.1 Å². The van der Waals surface area contributed by atoms with Gasteiger partial charge in [0.15, 0.2) is 0 Å². The van der Waals surface area contributed by atoms with Crippen LogP contribution in [0.1, 0.15) is 34.7 Å². The Morgan fingerprint density at radius 2 is 2.08 bits per heavy atom. The van der Waals surface area contributed by atoms with Gasteiger partial charge in [0.2, 0.25) is 5.91 Å². The summed E-state index contributed by atoms with van der Waals surface area (Å²) in [5.41, 5.74) is 1.68. The number of aryl methyl sites for hydroxylation is 1. The maximum atomic E-state index is 12.1. The average molecular weight is 357 g/mol. The Kier molecular flexibility index (Phi) is 5.31. The minimum atomic E-state index is -0.571. The molecule has 3 rings (SSSR count). The van der Waals surface area contributed by atoms with Crippen molar-refractivity contribution in [3.63, 3.8) is 0 Å². The molecule has 0 saturated carbocycles. The van der Waals surface area contributed by atoms with Crippen molar-refractivity contribution in [2.45, 2.75) is 26.4 Å². The zero-order valence-corrected chi connectivity index (χ0v) is 14.4. The second-order valence-corrected chi connectivity index (χ2v) is 5.97. The lowest BCUT2D eigenvalue weighted by Gasteiger charge is -2.15. The lowest BCUT2D eigenvalue weighted by atomic mass is 10.2. The molecule has 1 fully saturated rings. The number of hydrogen-bond donors (Lipinski definition) is 1. The molecule has 26 heavy (non-hydrogen) atoms. The van der Waals surface area contributed by atoms with E-state index in [0.29, 0.717) is 30.0 Å². The summed E-state index contributed by atoms with van der Waals surface area (Å²) in [5.74, 6) is -0.243. The van der Waals surface area contributed by atoms with Crippen LogP contribution in [-0.4, -0.2) is 36.0 Å². The molecule has 0 aliphatic carbocycles. The quantitative estimate of drug-likeness (QED) is 0.788. The van der Waals surface area contributed by atoms with Crippen molar-refractivity contribution >= 4 is 23.5 Å². The molecule has 1 aromatic carbocycles. The van der Waals surface area contributed by atoms with E-state index in [2.05, 4.69) is 10.5 Å². The molecule has 0 spiro atoms. The number of carbonyl (C=O) groups is 3. The van der Waals surface area contributed by atoms with E-state index in [1.165, 1.54) is 0 Å². The van der Waals surface area contributed by atoms with Gasteiger partial charge in [0, 0.05) is 30.3 Å². The Bertz CT molecular complexity index is 812. The van der Waals surface area contributed by atoms with Crippen molar-refractivity contribution in [2.24, 2.45) is 0 Å². The summed E-state index contributed by atoms with van der Waals surface area (Å²) in [6.07, 6.45) is 1.40. The minimum Gasteiger partial charge on any atom is -0.458 e. The van der Waals surface area contributed by atoms with Crippen LogP contribution >= 0.6 is 0 Å². The molecule has 1 aliphatic heterocycles. The maximum Gasteiger partial charge on any atom is 0.325 e. The van der Waals surface area contributed by atoms with E-state index >= 15 is 0 Å². The fraction of sp³-hybridized carbons (Fsp3) is 0.333. The van der Waals surface area contributed by atoms with Crippen LogP contribution in [-0.2, 0) is 20.9 Å². The zero-order valence-electron chi connectivity index (χ0n) is 14.4. The van der Waals surface area contributed by atoms with Gasteiger partial charge in [-0.15, -0.1) is 0 Å². The highest BCUT2D eigenvalue weighted by molar-refractivity contribution is 5.98. The largest absolute Gasteiger partial charge is 0.458 e. The number of aromatic nitrogens is 1. The van der Waals surface area contributed by atoms with Crippen molar-refractivity contribution in [1.29, 1.82) is 0 Å². The van der Waals surface area contributed by atoms with Crippen molar-refractivity contribution in [3.05, 3.63) is 47.3 Å². The third kappa shape index (κ3) is 4.27. The van der Waals surface area contributed by atoms with Crippen LogP contribution in [0.15, 0.2) is 34.9 Å². The average Bonchev–Trinajstić information content (AvgIpc) is 3.26. The Balaban J connectivity index is 1.46. The van der Waals surface area contributed by atoms with Crippen LogP contribution in [0.25, 0.3) is 0 Å². The van der Waals surface area contributed by atoms with E-state index in [-0.39, 0.29) is 19.1 Å². The van der Waals surface area contributed by atoms with Crippen molar-refractivity contribution in [1.82, 2.24) is 10.5 Å². The predicted molar refractivity (Wildman–Crippen MR) is 91.4 cm³/mol. The van der Waals surface area contributed by atoms with E-state index in [4.69, 9.17) is 9.26 Å². The van der Waals surface area contributed by atoms with E-state index in [9.17, 15) is 14.4 Å². The highest BCUT2D eigenvalue weighted by Crippen LogP contribution is 2.21. The first-order valence-corrected chi connectivity index (χ1v) is 8.29. The molecule has 2 heterocycles. The van der Waals surface area contributed by atoms with Crippen molar-refractivity contribution in [3.8, 4) is 0 Å². The number of carbonyl (C=O) groups excluding carboxylic acids is 3. The highest BCUT2D eigenvalue weighted by atomic mass is 16.5. The van der Waals surface area contributed by atoms with Gasteiger partial charge >= 0.3 is 5.97 Å². The summed E-state index contributed by atoms with van der Waals surface area (Å²) in [6, 6.07) is 8.37. The van der Waals surface area contributed by atoms with Gasteiger partial charge in [0.25, 0.3) is 5.91 Å². The van der Waals surface area contributed by atoms with Crippen LogP contribution < -0.4 is 10.2 Å². The molecule has 8 heteroatoms. The van der Waals surface area contributed by atoms with Gasteiger partial charge in [-0.2, -0.15) is 0 Å². The first-order chi connectivity index (χ1) is 12.5. The molecule has 8 nitrogen and oxygen atoms in total.